The van der Waals surface area contributed by atoms with E-state index < -0.39 is 0 Å². The first kappa shape index (κ1) is 13.5. The summed E-state index contributed by atoms with van der Waals surface area (Å²) in [5, 5.41) is 18.9. The van der Waals surface area contributed by atoms with Gasteiger partial charge in [0.15, 0.2) is 0 Å². The Morgan fingerprint density at radius 2 is 2.35 bits per heavy atom. The fourth-order valence-electron chi connectivity index (χ4n) is 1.65. The molecule has 0 amide bonds. The second kappa shape index (κ2) is 6.90. The SMILES string of the molecule is Cc1nn(C)cc1CNCCCC/C(N)=N/O. The molecule has 0 aliphatic heterocycles. The van der Waals surface area contributed by atoms with E-state index in [9.17, 15) is 0 Å². The lowest BCUT2D eigenvalue weighted by atomic mass is 10.2. The molecule has 1 aromatic heterocycles. The number of oxime groups is 1. The summed E-state index contributed by atoms with van der Waals surface area (Å²) in [5.74, 6) is 0.299. The number of nitrogens with one attached hydrogen (secondary N) is 1. The highest BCUT2D eigenvalue weighted by Crippen LogP contribution is 2.03. The highest BCUT2D eigenvalue weighted by molar-refractivity contribution is 5.79. The third kappa shape index (κ3) is 4.86. The summed E-state index contributed by atoms with van der Waals surface area (Å²) in [4.78, 5) is 0. The molecular weight excluding hydrogens is 218 g/mol. The van der Waals surface area contributed by atoms with E-state index in [-0.39, 0.29) is 0 Å². The molecule has 0 aromatic carbocycles. The lowest BCUT2D eigenvalue weighted by Gasteiger charge is -2.03. The fourth-order valence-corrected chi connectivity index (χ4v) is 1.65. The molecule has 0 unspecified atom stereocenters. The van der Waals surface area contributed by atoms with Gasteiger partial charge in [0.05, 0.1) is 5.69 Å². The highest BCUT2D eigenvalue weighted by Gasteiger charge is 2.01. The van der Waals surface area contributed by atoms with Crippen molar-refractivity contribution in [3.05, 3.63) is 17.5 Å². The quantitative estimate of drug-likeness (QED) is 0.215. The Morgan fingerprint density at radius 1 is 1.59 bits per heavy atom. The summed E-state index contributed by atoms with van der Waals surface area (Å²) in [6.07, 6.45) is 4.60. The Bertz CT molecular complexity index is 372. The van der Waals surface area contributed by atoms with Gasteiger partial charge in [-0.1, -0.05) is 5.16 Å². The first-order valence-electron chi connectivity index (χ1n) is 5.79. The average molecular weight is 239 g/mol. The van der Waals surface area contributed by atoms with E-state index in [4.69, 9.17) is 10.9 Å². The van der Waals surface area contributed by atoms with Crippen molar-refractivity contribution in [2.24, 2.45) is 17.9 Å². The van der Waals surface area contributed by atoms with Crippen molar-refractivity contribution in [3.8, 4) is 0 Å². The lowest BCUT2D eigenvalue weighted by molar-refractivity contribution is 0.316. The molecule has 17 heavy (non-hydrogen) atoms. The van der Waals surface area contributed by atoms with Crippen molar-refractivity contribution in [1.29, 1.82) is 0 Å². The minimum absolute atomic E-state index is 0.299. The molecule has 0 atom stereocenters. The van der Waals surface area contributed by atoms with Crippen LogP contribution in [0.15, 0.2) is 11.4 Å². The van der Waals surface area contributed by atoms with Gasteiger partial charge in [-0.05, 0) is 26.3 Å². The number of aromatic nitrogens is 2. The van der Waals surface area contributed by atoms with Crippen LogP contribution >= 0.6 is 0 Å². The first-order chi connectivity index (χ1) is 8.13. The van der Waals surface area contributed by atoms with E-state index >= 15 is 0 Å². The lowest BCUT2D eigenvalue weighted by Crippen LogP contribution is -2.16. The molecular formula is C11H21N5O. The van der Waals surface area contributed by atoms with Gasteiger partial charge in [0.2, 0.25) is 0 Å². The zero-order valence-corrected chi connectivity index (χ0v) is 10.5. The van der Waals surface area contributed by atoms with Crippen LogP contribution in [0.4, 0.5) is 0 Å². The van der Waals surface area contributed by atoms with Gasteiger partial charge in [0.25, 0.3) is 0 Å². The molecule has 0 saturated heterocycles. The molecule has 96 valence electrons. The minimum atomic E-state index is 0.299. The van der Waals surface area contributed by atoms with Gasteiger partial charge in [-0.25, -0.2) is 0 Å². The van der Waals surface area contributed by atoms with E-state index in [1.54, 1.807) is 0 Å². The van der Waals surface area contributed by atoms with Crippen molar-refractivity contribution in [2.75, 3.05) is 6.54 Å². The van der Waals surface area contributed by atoms with Gasteiger partial charge in [0.1, 0.15) is 5.84 Å². The number of nitrogens with two attached hydrogens (primary N) is 1. The Kier molecular flexibility index (Phi) is 5.48. The maximum absolute atomic E-state index is 8.36. The predicted octanol–water partition coefficient (Wildman–Crippen LogP) is 0.735. The fraction of sp³-hybridized carbons (Fsp3) is 0.636. The number of amidine groups is 1. The standard InChI is InChI=1S/C11H21N5O/c1-9-10(8-16(2)14-9)7-13-6-4-3-5-11(12)15-17/h8,13,17H,3-7H2,1-2H3,(H2,12,15). The molecule has 1 rings (SSSR count). The number of aryl methyl sites for hydroxylation is 2. The van der Waals surface area contributed by atoms with Gasteiger partial charge in [-0.3, -0.25) is 4.68 Å². The normalized spacial score (nSPS) is 12.0. The van der Waals surface area contributed by atoms with E-state index in [0.29, 0.717) is 12.3 Å². The minimum Gasteiger partial charge on any atom is -0.409 e. The summed E-state index contributed by atoms with van der Waals surface area (Å²) >= 11 is 0. The van der Waals surface area contributed by atoms with Gasteiger partial charge in [-0.2, -0.15) is 5.10 Å². The molecule has 0 saturated carbocycles. The van der Waals surface area contributed by atoms with E-state index in [1.807, 2.05) is 24.9 Å². The summed E-state index contributed by atoms with van der Waals surface area (Å²) in [6, 6.07) is 0. The molecule has 1 aromatic rings. The predicted molar refractivity (Wildman–Crippen MR) is 66.9 cm³/mol. The molecule has 6 nitrogen and oxygen atoms in total. The Hall–Kier alpha value is -1.56. The van der Waals surface area contributed by atoms with Crippen LogP contribution in [0.5, 0.6) is 0 Å². The van der Waals surface area contributed by atoms with Gasteiger partial charge in [-0.15, -0.1) is 0 Å². The summed E-state index contributed by atoms with van der Waals surface area (Å²) in [7, 11) is 1.92. The van der Waals surface area contributed by atoms with Crippen molar-refractivity contribution < 1.29 is 5.21 Å². The molecule has 6 heteroatoms. The monoisotopic (exact) mass is 239 g/mol. The zero-order valence-electron chi connectivity index (χ0n) is 10.5. The van der Waals surface area contributed by atoms with Crippen molar-refractivity contribution in [3.63, 3.8) is 0 Å². The van der Waals surface area contributed by atoms with Gasteiger partial charge < -0.3 is 16.3 Å². The van der Waals surface area contributed by atoms with Crippen LogP contribution < -0.4 is 11.1 Å². The van der Waals surface area contributed by atoms with E-state index in [0.717, 1.165) is 31.6 Å². The first-order valence-corrected chi connectivity index (χ1v) is 5.79. The molecule has 0 radical (unpaired) electrons. The Morgan fingerprint density at radius 3 is 2.94 bits per heavy atom. The summed E-state index contributed by atoms with van der Waals surface area (Å²) < 4.78 is 1.82. The number of hydrogen-bond donors (Lipinski definition) is 3. The molecule has 0 fully saturated rings. The van der Waals surface area contributed by atoms with E-state index in [2.05, 4.69) is 15.6 Å². The molecule has 0 aliphatic rings. The largest absolute Gasteiger partial charge is 0.409 e. The maximum Gasteiger partial charge on any atom is 0.139 e. The second-order valence-electron chi connectivity index (χ2n) is 4.14. The third-order valence-corrected chi connectivity index (χ3v) is 2.60. The number of rotatable bonds is 7. The van der Waals surface area contributed by atoms with Gasteiger partial charge >= 0.3 is 0 Å². The van der Waals surface area contributed by atoms with Crippen LogP contribution in [0.3, 0.4) is 0 Å². The second-order valence-corrected chi connectivity index (χ2v) is 4.14. The molecule has 4 N–H and O–H groups in total. The molecule has 0 spiro atoms. The topological polar surface area (TPSA) is 88.5 Å². The van der Waals surface area contributed by atoms with Crippen LogP contribution in [0.1, 0.15) is 30.5 Å². The summed E-state index contributed by atoms with van der Waals surface area (Å²) in [6.45, 7) is 3.77. The molecule has 0 bridgehead atoms. The van der Waals surface area contributed by atoms with Crippen LogP contribution in [-0.2, 0) is 13.6 Å². The van der Waals surface area contributed by atoms with Crippen LogP contribution in [0, 0.1) is 6.92 Å². The van der Waals surface area contributed by atoms with Crippen LogP contribution in [0.2, 0.25) is 0 Å². The molecule has 0 aliphatic carbocycles. The van der Waals surface area contributed by atoms with Crippen LogP contribution in [0.25, 0.3) is 0 Å². The Labute approximate surface area is 101 Å². The van der Waals surface area contributed by atoms with Crippen LogP contribution in [-0.4, -0.2) is 27.4 Å². The molecule has 1 heterocycles. The smallest absolute Gasteiger partial charge is 0.139 e. The number of nitrogens with zero attached hydrogens (tertiary/aromatic N) is 3. The maximum atomic E-state index is 8.36. The third-order valence-electron chi connectivity index (χ3n) is 2.60. The van der Waals surface area contributed by atoms with Crippen molar-refractivity contribution in [1.82, 2.24) is 15.1 Å². The highest BCUT2D eigenvalue weighted by atomic mass is 16.4. The summed E-state index contributed by atoms with van der Waals surface area (Å²) in [5.41, 5.74) is 7.66. The Balaban J connectivity index is 2.10. The van der Waals surface area contributed by atoms with Crippen molar-refractivity contribution in [2.45, 2.75) is 32.7 Å². The van der Waals surface area contributed by atoms with Crippen molar-refractivity contribution >= 4 is 5.84 Å². The zero-order chi connectivity index (χ0) is 12.7. The van der Waals surface area contributed by atoms with Gasteiger partial charge in [0, 0.05) is 31.8 Å². The average Bonchev–Trinajstić information content (AvgIpc) is 2.62. The number of hydrogen-bond acceptors (Lipinski definition) is 4. The number of unbranched alkanes of at least 4 members (excludes halogenated alkanes) is 1. The van der Waals surface area contributed by atoms with E-state index in [1.165, 1.54) is 5.56 Å².